The number of hydrogen-bond donors (Lipinski definition) is 0. The highest BCUT2D eigenvalue weighted by Gasteiger charge is 2.03. The van der Waals surface area contributed by atoms with Crippen molar-refractivity contribution in [1.82, 2.24) is 0 Å². The van der Waals surface area contributed by atoms with Gasteiger partial charge in [-0.25, -0.2) is 0 Å². The molecule has 0 N–H and O–H groups in total. The van der Waals surface area contributed by atoms with Gasteiger partial charge in [-0.3, -0.25) is 0 Å². The number of ketones is 1. The first kappa shape index (κ1) is 16.7. The third kappa shape index (κ3) is 13.6. The number of carbonyl (C=O) groups is 1. The molecule has 0 spiro atoms. The van der Waals surface area contributed by atoms with Gasteiger partial charge in [0.05, 0.1) is 0 Å². The van der Waals surface area contributed by atoms with E-state index in [9.17, 15) is 4.79 Å². The molecule has 0 saturated heterocycles. The zero-order valence-electron chi connectivity index (χ0n) is 12.3. The van der Waals surface area contributed by atoms with Crippen molar-refractivity contribution < 1.29 is 4.79 Å². The molecular formula is C16H32O. The van der Waals surface area contributed by atoms with Crippen LogP contribution in [0, 0.1) is 5.92 Å². The zero-order chi connectivity index (χ0) is 12.9. The van der Waals surface area contributed by atoms with Gasteiger partial charge >= 0.3 is 0 Å². The molecule has 0 aromatic rings. The first-order valence-corrected chi connectivity index (χ1v) is 7.66. The first-order valence-electron chi connectivity index (χ1n) is 7.66. The maximum Gasteiger partial charge on any atom is 0.129 e. The SMILES string of the molecule is CCCCCCCCCCC(C)CCC(C)=O. The number of carbonyl (C=O) groups excluding carboxylic acids is 1. The average Bonchev–Trinajstić information content (AvgIpc) is 2.30. The lowest BCUT2D eigenvalue weighted by Crippen LogP contribution is -1.99. The quantitative estimate of drug-likeness (QED) is 0.410. The van der Waals surface area contributed by atoms with Crippen molar-refractivity contribution in [3.05, 3.63) is 0 Å². The third-order valence-corrected chi connectivity index (χ3v) is 3.54. The van der Waals surface area contributed by atoms with E-state index in [2.05, 4.69) is 13.8 Å². The Morgan fingerprint density at radius 2 is 1.41 bits per heavy atom. The Morgan fingerprint density at radius 1 is 0.882 bits per heavy atom. The number of hydrogen-bond acceptors (Lipinski definition) is 1. The van der Waals surface area contributed by atoms with E-state index >= 15 is 0 Å². The van der Waals surface area contributed by atoms with E-state index in [0.717, 1.165) is 18.8 Å². The van der Waals surface area contributed by atoms with E-state index in [1.165, 1.54) is 57.8 Å². The molecule has 17 heavy (non-hydrogen) atoms. The topological polar surface area (TPSA) is 17.1 Å². The van der Waals surface area contributed by atoms with Crippen LogP contribution in [0.25, 0.3) is 0 Å². The van der Waals surface area contributed by atoms with Crippen molar-refractivity contribution in [2.24, 2.45) is 5.92 Å². The van der Waals surface area contributed by atoms with E-state index in [-0.39, 0.29) is 0 Å². The van der Waals surface area contributed by atoms with Crippen LogP contribution in [0.5, 0.6) is 0 Å². The summed E-state index contributed by atoms with van der Waals surface area (Å²) in [5, 5.41) is 0. The van der Waals surface area contributed by atoms with Gasteiger partial charge in [0.2, 0.25) is 0 Å². The van der Waals surface area contributed by atoms with E-state index in [4.69, 9.17) is 0 Å². The van der Waals surface area contributed by atoms with Gasteiger partial charge in [0.25, 0.3) is 0 Å². The summed E-state index contributed by atoms with van der Waals surface area (Å²) in [6.45, 7) is 6.25. The van der Waals surface area contributed by atoms with Crippen LogP contribution in [0.2, 0.25) is 0 Å². The fourth-order valence-corrected chi connectivity index (χ4v) is 2.22. The van der Waals surface area contributed by atoms with E-state index in [1.54, 1.807) is 6.92 Å². The third-order valence-electron chi connectivity index (χ3n) is 3.54. The molecule has 0 radical (unpaired) electrons. The summed E-state index contributed by atoms with van der Waals surface area (Å²) in [7, 11) is 0. The zero-order valence-corrected chi connectivity index (χ0v) is 12.3. The highest BCUT2D eigenvalue weighted by molar-refractivity contribution is 5.75. The summed E-state index contributed by atoms with van der Waals surface area (Å²) in [5.41, 5.74) is 0. The van der Waals surface area contributed by atoms with Gasteiger partial charge in [0, 0.05) is 6.42 Å². The minimum Gasteiger partial charge on any atom is -0.300 e. The van der Waals surface area contributed by atoms with Crippen molar-refractivity contribution in [1.29, 1.82) is 0 Å². The number of unbranched alkanes of at least 4 members (excludes halogenated alkanes) is 7. The number of Topliss-reactive ketones (excluding diaryl/α,β-unsaturated/α-hetero) is 1. The monoisotopic (exact) mass is 240 g/mol. The van der Waals surface area contributed by atoms with Gasteiger partial charge in [0.1, 0.15) is 5.78 Å². The summed E-state index contributed by atoms with van der Waals surface area (Å²) in [4.78, 5) is 10.8. The highest BCUT2D eigenvalue weighted by atomic mass is 16.1. The maximum absolute atomic E-state index is 10.8. The van der Waals surface area contributed by atoms with Crippen LogP contribution in [0.3, 0.4) is 0 Å². The molecule has 1 heteroatoms. The lowest BCUT2D eigenvalue weighted by Gasteiger charge is -2.09. The van der Waals surface area contributed by atoms with Crippen molar-refractivity contribution in [3.8, 4) is 0 Å². The molecule has 1 atom stereocenters. The molecule has 0 fully saturated rings. The van der Waals surface area contributed by atoms with Gasteiger partial charge < -0.3 is 4.79 Å². The van der Waals surface area contributed by atoms with Crippen LogP contribution in [-0.2, 0) is 4.79 Å². The summed E-state index contributed by atoms with van der Waals surface area (Å²) in [6.07, 6.45) is 14.3. The fourth-order valence-electron chi connectivity index (χ4n) is 2.22. The summed E-state index contributed by atoms with van der Waals surface area (Å²) in [6, 6.07) is 0. The standard InChI is InChI=1S/C16H32O/c1-4-5-6-7-8-9-10-11-12-15(2)13-14-16(3)17/h15H,4-14H2,1-3H3. The Bertz CT molecular complexity index is 174. The Balaban J connectivity index is 3.13. The predicted molar refractivity (Wildman–Crippen MR) is 76.3 cm³/mol. The largest absolute Gasteiger partial charge is 0.300 e. The van der Waals surface area contributed by atoms with Crippen LogP contribution in [-0.4, -0.2) is 5.78 Å². The van der Waals surface area contributed by atoms with Gasteiger partial charge in [-0.05, 0) is 19.3 Å². The highest BCUT2D eigenvalue weighted by Crippen LogP contribution is 2.16. The van der Waals surface area contributed by atoms with E-state index in [1.807, 2.05) is 0 Å². The second kappa shape index (κ2) is 12.1. The van der Waals surface area contributed by atoms with Gasteiger partial charge in [0.15, 0.2) is 0 Å². The minimum absolute atomic E-state index is 0.341. The molecule has 102 valence electrons. The molecular weight excluding hydrogens is 208 g/mol. The van der Waals surface area contributed by atoms with Crippen molar-refractivity contribution in [3.63, 3.8) is 0 Å². The molecule has 0 aromatic heterocycles. The van der Waals surface area contributed by atoms with E-state index < -0.39 is 0 Å². The molecule has 0 bridgehead atoms. The molecule has 0 aliphatic heterocycles. The van der Waals surface area contributed by atoms with Crippen molar-refractivity contribution >= 4 is 5.78 Å². The van der Waals surface area contributed by atoms with Gasteiger partial charge in [-0.2, -0.15) is 0 Å². The summed E-state index contributed by atoms with van der Waals surface area (Å²) >= 11 is 0. The lowest BCUT2D eigenvalue weighted by atomic mass is 9.96. The van der Waals surface area contributed by atoms with E-state index in [0.29, 0.717) is 5.78 Å². The Morgan fingerprint density at radius 3 is 1.94 bits per heavy atom. The molecule has 0 saturated carbocycles. The maximum atomic E-state index is 10.8. The molecule has 0 amide bonds. The summed E-state index contributed by atoms with van der Waals surface area (Å²) < 4.78 is 0. The van der Waals surface area contributed by atoms with Crippen molar-refractivity contribution in [2.75, 3.05) is 0 Å². The van der Waals surface area contributed by atoms with Gasteiger partial charge in [-0.15, -0.1) is 0 Å². The van der Waals surface area contributed by atoms with Crippen LogP contribution in [0.15, 0.2) is 0 Å². The smallest absolute Gasteiger partial charge is 0.129 e. The van der Waals surface area contributed by atoms with Gasteiger partial charge in [-0.1, -0.05) is 71.6 Å². The normalized spacial score (nSPS) is 12.6. The fraction of sp³-hybridized carbons (Fsp3) is 0.938. The molecule has 0 aliphatic rings. The van der Waals surface area contributed by atoms with Crippen molar-refractivity contribution in [2.45, 2.75) is 91.4 Å². The Hall–Kier alpha value is -0.330. The Labute approximate surface area is 108 Å². The van der Waals surface area contributed by atoms with Crippen LogP contribution in [0.4, 0.5) is 0 Å². The number of rotatable bonds is 12. The molecule has 1 nitrogen and oxygen atoms in total. The second-order valence-electron chi connectivity index (χ2n) is 5.61. The average molecular weight is 240 g/mol. The lowest BCUT2D eigenvalue weighted by molar-refractivity contribution is -0.117. The molecule has 0 aliphatic carbocycles. The first-order chi connectivity index (χ1) is 8.16. The molecule has 0 rings (SSSR count). The second-order valence-corrected chi connectivity index (χ2v) is 5.61. The van der Waals surface area contributed by atoms with Crippen LogP contribution < -0.4 is 0 Å². The van der Waals surface area contributed by atoms with Crippen LogP contribution >= 0.6 is 0 Å². The van der Waals surface area contributed by atoms with Crippen LogP contribution in [0.1, 0.15) is 91.4 Å². The Kier molecular flexibility index (Phi) is 11.9. The molecule has 0 heterocycles. The minimum atomic E-state index is 0.341. The molecule has 1 unspecified atom stereocenters. The predicted octanol–water partition coefficient (Wildman–Crippen LogP) is 5.52. The summed E-state index contributed by atoms with van der Waals surface area (Å²) in [5.74, 6) is 1.08. The molecule has 0 aromatic carbocycles.